The van der Waals surface area contributed by atoms with Crippen LogP contribution in [0.3, 0.4) is 0 Å². The van der Waals surface area contributed by atoms with Crippen LogP contribution in [-0.4, -0.2) is 45.3 Å². The molecule has 8 nitrogen and oxygen atoms in total. The van der Waals surface area contributed by atoms with Crippen molar-refractivity contribution in [1.82, 2.24) is 9.55 Å². The summed E-state index contributed by atoms with van der Waals surface area (Å²) in [6.07, 6.45) is 0. The molecule has 0 unspecified atom stereocenters. The zero-order chi connectivity index (χ0) is 22.2. The van der Waals surface area contributed by atoms with E-state index < -0.39 is 10.0 Å². The maximum Gasteiger partial charge on any atom is 0.264 e. The number of hydrogen-bond donors (Lipinski definition) is 1. The Morgan fingerprint density at radius 2 is 1.72 bits per heavy atom. The summed E-state index contributed by atoms with van der Waals surface area (Å²) < 4.78 is 41.1. The summed E-state index contributed by atoms with van der Waals surface area (Å²) in [5.74, 6) is 0.463. The highest BCUT2D eigenvalue weighted by molar-refractivity contribution is 7.92. The van der Waals surface area contributed by atoms with E-state index in [1.54, 1.807) is 24.3 Å². The molecule has 32 heavy (non-hydrogen) atoms. The first-order chi connectivity index (χ1) is 14.9. The number of fused-ring (bicyclic) bond motifs is 3. The van der Waals surface area contributed by atoms with E-state index in [0.29, 0.717) is 11.6 Å². The Bertz CT molecular complexity index is 1370. The first-order valence-corrected chi connectivity index (χ1v) is 11.2. The number of aromatic nitrogens is 2. The fourth-order valence-electron chi connectivity index (χ4n) is 3.79. The maximum atomic E-state index is 13.7. The molecule has 0 atom stereocenters. The Kier molecular flexibility index (Phi) is 6.82. The van der Waals surface area contributed by atoms with Gasteiger partial charge in [-0.1, -0.05) is 18.2 Å². The molecule has 170 valence electrons. The number of pyridine rings is 1. The standard InChI is InChI=1S/C22H24N4O4S.ClH/c1-25-18-7-5-4-6-16(18)17-14-15(8-9-19(17)25)31(27,28)26(13-12-23)20-10-11-21(29-2)24-22(20)30-3;/h4-11,14H,12-13,23H2,1-3H3;1H. The number of halogens is 1. The molecule has 0 bridgehead atoms. The lowest BCUT2D eigenvalue weighted by atomic mass is 10.1. The van der Waals surface area contributed by atoms with E-state index in [1.165, 1.54) is 18.5 Å². The molecule has 0 saturated heterocycles. The van der Waals surface area contributed by atoms with Gasteiger partial charge in [0, 0.05) is 48.0 Å². The van der Waals surface area contributed by atoms with Gasteiger partial charge in [-0.05, 0) is 30.3 Å². The van der Waals surface area contributed by atoms with E-state index in [4.69, 9.17) is 15.2 Å². The lowest BCUT2D eigenvalue weighted by molar-refractivity contribution is 0.365. The van der Waals surface area contributed by atoms with Gasteiger partial charge in [0.2, 0.25) is 11.8 Å². The molecule has 2 N–H and O–H groups in total. The minimum atomic E-state index is -3.94. The van der Waals surface area contributed by atoms with E-state index in [9.17, 15) is 8.42 Å². The van der Waals surface area contributed by atoms with Crippen LogP contribution >= 0.6 is 12.4 Å². The Balaban J connectivity index is 0.00000289. The van der Waals surface area contributed by atoms with Gasteiger partial charge in [0.25, 0.3) is 10.0 Å². The smallest absolute Gasteiger partial charge is 0.264 e. The highest BCUT2D eigenvalue weighted by Gasteiger charge is 2.28. The second-order valence-electron chi connectivity index (χ2n) is 7.00. The number of para-hydroxylation sites is 1. The molecular weight excluding hydrogens is 452 g/mol. The summed E-state index contributed by atoms with van der Waals surface area (Å²) >= 11 is 0. The summed E-state index contributed by atoms with van der Waals surface area (Å²) in [4.78, 5) is 4.39. The van der Waals surface area contributed by atoms with Crippen molar-refractivity contribution in [3.05, 3.63) is 54.6 Å². The number of methoxy groups -OCH3 is 2. The van der Waals surface area contributed by atoms with E-state index in [2.05, 4.69) is 9.55 Å². The van der Waals surface area contributed by atoms with Gasteiger partial charge in [-0.2, -0.15) is 4.98 Å². The van der Waals surface area contributed by atoms with E-state index in [1.807, 2.05) is 37.4 Å². The predicted molar refractivity (Wildman–Crippen MR) is 129 cm³/mol. The second-order valence-corrected chi connectivity index (χ2v) is 8.87. The van der Waals surface area contributed by atoms with Crippen molar-refractivity contribution in [3.8, 4) is 11.8 Å². The van der Waals surface area contributed by atoms with Crippen molar-refractivity contribution in [3.63, 3.8) is 0 Å². The summed E-state index contributed by atoms with van der Waals surface area (Å²) in [6, 6.07) is 16.2. The normalized spacial score (nSPS) is 11.4. The molecule has 2 aromatic heterocycles. The van der Waals surface area contributed by atoms with Crippen LogP contribution in [0.15, 0.2) is 59.5 Å². The van der Waals surface area contributed by atoms with Crippen molar-refractivity contribution < 1.29 is 17.9 Å². The van der Waals surface area contributed by atoms with Gasteiger partial charge < -0.3 is 19.8 Å². The van der Waals surface area contributed by atoms with Crippen LogP contribution < -0.4 is 19.5 Å². The van der Waals surface area contributed by atoms with Crippen LogP contribution in [0.4, 0.5) is 5.69 Å². The fourth-order valence-corrected chi connectivity index (χ4v) is 5.30. The van der Waals surface area contributed by atoms with Gasteiger partial charge in [-0.15, -0.1) is 12.4 Å². The number of rotatable bonds is 7. The first kappa shape index (κ1) is 23.6. The molecule has 2 aromatic carbocycles. The van der Waals surface area contributed by atoms with Crippen LogP contribution in [0, 0.1) is 0 Å². The molecule has 4 rings (SSSR count). The minimum Gasteiger partial charge on any atom is -0.481 e. The van der Waals surface area contributed by atoms with Gasteiger partial charge in [-0.3, -0.25) is 4.31 Å². The van der Waals surface area contributed by atoms with E-state index >= 15 is 0 Å². The third-order valence-corrected chi connectivity index (χ3v) is 7.10. The molecule has 0 spiro atoms. The van der Waals surface area contributed by atoms with Gasteiger partial charge in [0.1, 0.15) is 5.69 Å². The van der Waals surface area contributed by atoms with E-state index in [-0.39, 0.29) is 36.3 Å². The average molecular weight is 477 g/mol. The third-order valence-electron chi connectivity index (χ3n) is 5.29. The zero-order valence-electron chi connectivity index (χ0n) is 18.0. The largest absolute Gasteiger partial charge is 0.481 e. The molecule has 0 aliphatic heterocycles. The average Bonchev–Trinajstić information content (AvgIpc) is 3.09. The fraction of sp³-hybridized carbons (Fsp3) is 0.227. The lowest BCUT2D eigenvalue weighted by Crippen LogP contribution is -2.35. The number of sulfonamides is 1. The molecular formula is C22H25ClN4O4S. The van der Waals surface area contributed by atoms with Gasteiger partial charge in [0.05, 0.1) is 19.1 Å². The monoisotopic (exact) mass is 476 g/mol. The van der Waals surface area contributed by atoms with Crippen LogP contribution in [-0.2, 0) is 17.1 Å². The topological polar surface area (TPSA) is 99.7 Å². The highest BCUT2D eigenvalue weighted by Crippen LogP contribution is 2.35. The van der Waals surface area contributed by atoms with Crippen molar-refractivity contribution >= 4 is 49.9 Å². The molecule has 0 amide bonds. The molecule has 0 fully saturated rings. The molecule has 0 aliphatic rings. The van der Waals surface area contributed by atoms with Crippen molar-refractivity contribution in [2.45, 2.75) is 4.90 Å². The molecule has 0 radical (unpaired) electrons. The second kappa shape index (κ2) is 9.23. The molecule has 0 saturated carbocycles. The predicted octanol–water partition coefficient (Wildman–Crippen LogP) is 3.32. The maximum absolute atomic E-state index is 13.7. The number of benzene rings is 2. The lowest BCUT2D eigenvalue weighted by Gasteiger charge is -2.25. The van der Waals surface area contributed by atoms with Crippen molar-refractivity contribution in [1.29, 1.82) is 0 Å². The van der Waals surface area contributed by atoms with Crippen LogP contribution in [0.5, 0.6) is 11.8 Å². The van der Waals surface area contributed by atoms with Gasteiger partial charge in [0.15, 0.2) is 0 Å². The van der Waals surface area contributed by atoms with Gasteiger partial charge >= 0.3 is 0 Å². The molecule has 2 heterocycles. The summed E-state index contributed by atoms with van der Waals surface area (Å²) in [7, 11) is 0.942. The highest BCUT2D eigenvalue weighted by atomic mass is 35.5. The minimum absolute atomic E-state index is 0. The number of ether oxygens (including phenoxy) is 2. The number of anilines is 1. The number of aryl methyl sites for hydroxylation is 1. The molecule has 0 aliphatic carbocycles. The number of hydrogen-bond acceptors (Lipinski definition) is 6. The van der Waals surface area contributed by atoms with E-state index in [0.717, 1.165) is 21.8 Å². The summed E-state index contributed by atoms with van der Waals surface area (Å²) in [5, 5.41) is 1.86. The Morgan fingerprint density at radius 3 is 2.41 bits per heavy atom. The summed E-state index contributed by atoms with van der Waals surface area (Å²) in [5.41, 5.74) is 8.05. The van der Waals surface area contributed by atoms with Crippen LogP contribution in [0.25, 0.3) is 21.8 Å². The van der Waals surface area contributed by atoms with Crippen LogP contribution in [0.2, 0.25) is 0 Å². The third kappa shape index (κ3) is 3.83. The number of nitrogens with zero attached hydrogens (tertiary/aromatic N) is 3. The SMILES string of the molecule is COc1ccc(N(CCN)S(=O)(=O)c2ccc3c(c2)c2ccccc2n3C)c(OC)n1.Cl. The number of nitrogens with two attached hydrogens (primary N) is 1. The zero-order valence-corrected chi connectivity index (χ0v) is 19.6. The van der Waals surface area contributed by atoms with Crippen LogP contribution in [0.1, 0.15) is 0 Å². The quantitative estimate of drug-likeness (QED) is 0.439. The van der Waals surface area contributed by atoms with Crippen molar-refractivity contribution in [2.24, 2.45) is 12.8 Å². The summed E-state index contributed by atoms with van der Waals surface area (Å²) in [6.45, 7) is 0.200. The first-order valence-electron chi connectivity index (χ1n) is 9.71. The Morgan fingerprint density at radius 1 is 1.00 bits per heavy atom. The van der Waals surface area contributed by atoms with Crippen molar-refractivity contribution in [2.75, 3.05) is 31.6 Å². The van der Waals surface area contributed by atoms with Gasteiger partial charge in [-0.25, -0.2) is 8.42 Å². The Labute approximate surface area is 193 Å². The Hall–Kier alpha value is -3.01. The molecule has 10 heteroatoms. The molecule has 4 aromatic rings.